The molecule has 1 fully saturated rings. The van der Waals surface area contributed by atoms with Gasteiger partial charge in [0.05, 0.1) is 10.6 Å². The van der Waals surface area contributed by atoms with Crippen LogP contribution >= 0.6 is 0 Å². The van der Waals surface area contributed by atoms with E-state index in [4.69, 9.17) is 5.14 Å². The van der Waals surface area contributed by atoms with E-state index in [2.05, 4.69) is 32.1 Å². The lowest BCUT2D eigenvalue weighted by atomic mass is 9.66. The third-order valence-electron chi connectivity index (χ3n) is 7.31. The van der Waals surface area contributed by atoms with Crippen molar-refractivity contribution in [2.45, 2.75) is 45.9 Å². The molecule has 2 unspecified atom stereocenters. The van der Waals surface area contributed by atoms with Crippen molar-refractivity contribution in [2.24, 2.45) is 22.4 Å². The zero-order chi connectivity index (χ0) is 25.7. The molecule has 8 heteroatoms. The number of carbonyl (C=O) groups is 2. The van der Waals surface area contributed by atoms with Crippen molar-refractivity contribution < 1.29 is 18.0 Å². The van der Waals surface area contributed by atoms with Crippen LogP contribution in [0.4, 0.5) is 0 Å². The summed E-state index contributed by atoms with van der Waals surface area (Å²) >= 11 is 0. The number of rotatable bonds is 5. The summed E-state index contributed by atoms with van der Waals surface area (Å²) in [5, 5.41) is 5.28. The Morgan fingerprint density at radius 3 is 2.40 bits per heavy atom. The standard InChI is InChI=1S/C27H33N3O4S/c1-6-26(32)23-14-25(30(17(23)2)21-9-11-22(12-10-21)35(28,33)34)19-7-8-20-15-29(18(3)31)16-27(4,5)24(20)13-19/h7-14,20,24H,6,15-16H2,1-5H3,(H2,28,33,34). The van der Waals surface area contributed by atoms with Crippen LogP contribution in [0, 0.1) is 24.2 Å². The molecule has 0 radical (unpaired) electrons. The second-order valence-corrected chi connectivity index (χ2v) is 11.8. The molecule has 35 heavy (non-hydrogen) atoms. The van der Waals surface area contributed by atoms with Crippen LogP contribution in [0.2, 0.25) is 0 Å². The predicted octanol–water partition coefficient (Wildman–Crippen LogP) is 4.10. The SMILES string of the molecule is CCC(=O)c1cc(C2=CC3C(C=C2)CN(C(C)=O)CC3(C)C)n(-c2ccc(S(N)(=O)=O)cc2)c1C. The van der Waals surface area contributed by atoms with Crippen molar-refractivity contribution >= 4 is 27.3 Å². The summed E-state index contributed by atoms with van der Waals surface area (Å²) in [5.74, 6) is 0.602. The molecule has 2 N–H and O–H groups in total. The number of primary sulfonamides is 1. The first-order valence-electron chi connectivity index (χ1n) is 11.9. The number of hydrogen-bond acceptors (Lipinski definition) is 4. The monoisotopic (exact) mass is 495 g/mol. The molecule has 1 aromatic carbocycles. The maximum atomic E-state index is 12.7. The number of benzene rings is 1. The van der Waals surface area contributed by atoms with Crippen molar-refractivity contribution in [1.29, 1.82) is 0 Å². The van der Waals surface area contributed by atoms with Crippen LogP contribution in [0.5, 0.6) is 0 Å². The molecule has 0 bridgehead atoms. The first kappa shape index (κ1) is 25.1. The van der Waals surface area contributed by atoms with Gasteiger partial charge in [-0.1, -0.05) is 39.0 Å². The van der Waals surface area contributed by atoms with Gasteiger partial charge in [-0.15, -0.1) is 0 Å². The molecule has 1 aliphatic carbocycles. The van der Waals surface area contributed by atoms with Gasteiger partial charge in [0, 0.05) is 49.3 Å². The highest BCUT2D eigenvalue weighted by atomic mass is 32.2. The number of nitrogens with two attached hydrogens (primary N) is 1. The second kappa shape index (κ2) is 8.91. The van der Waals surface area contributed by atoms with Gasteiger partial charge in [0.2, 0.25) is 15.9 Å². The molecule has 1 aromatic heterocycles. The van der Waals surface area contributed by atoms with Crippen molar-refractivity contribution in [2.75, 3.05) is 13.1 Å². The largest absolute Gasteiger partial charge is 0.342 e. The van der Waals surface area contributed by atoms with E-state index in [0.29, 0.717) is 25.1 Å². The highest BCUT2D eigenvalue weighted by Crippen LogP contribution is 2.44. The summed E-state index contributed by atoms with van der Waals surface area (Å²) in [6.07, 6.45) is 6.91. The van der Waals surface area contributed by atoms with Gasteiger partial charge in [0.15, 0.2) is 5.78 Å². The summed E-state index contributed by atoms with van der Waals surface area (Å²) in [4.78, 5) is 26.8. The highest BCUT2D eigenvalue weighted by Gasteiger charge is 2.42. The fourth-order valence-corrected chi connectivity index (χ4v) is 5.95. The quantitative estimate of drug-likeness (QED) is 0.631. The van der Waals surface area contributed by atoms with E-state index in [1.807, 2.05) is 29.4 Å². The number of likely N-dealkylation sites (tertiary alicyclic amines) is 1. The van der Waals surface area contributed by atoms with Gasteiger partial charge < -0.3 is 9.47 Å². The van der Waals surface area contributed by atoms with Crippen LogP contribution in [-0.4, -0.2) is 42.7 Å². The van der Waals surface area contributed by atoms with Gasteiger partial charge in [0.1, 0.15) is 0 Å². The molecule has 1 saturated heterocycles. The van der Waals surface area contributed by atoms with Crippen molar-refractivity contribution in [1.82, 2.24) is 9.47 Å². The smallest absolute Gasteiger partial charge is 0.238 e. The predicted molar refractivity (Wildman–Crippen MR) is 137 cm³/mol. The van der Waals surface area contributed by atoms with Crippen LogP contribution in [0.15, 0.2) is 53.5 Å². The zero-order valence-electron chi connectivity index (χ0n) is 20.9. The number of carbonyl (C=O) groups excluding carboxylic acids is 2. The Kier molecular flexibility index (Phi) is 6.40. The number of sulfonamides is 1. The summed E-state index contributed by atoms with van der Waals surface area (Å²) < 4.78 is 25.5. The molecule has 4 rings (SSSR count). The van der Waals surface area contributed by atoms with Crippen molar-refractivity contribution in [3.8, 4) is 5.69 Å². The molecule has 1 amide bonds. The van der Waals surface area contributed by atoms with Crippen molar-refractivity contribution in [3.05, 3.63) is 65.5 Å². The van der Waals surface area contributed by atoms with E-state index in [1.54, 1.807) is 19.1 Å². The average molecular weight is 496 g/mol. The summed E-state index contributed by atoms with van der Waals surface area (Å²) in [7, 11) is -3.81. The minimum atomic E-state index is -3.81. The molecule has 2 aliphatic rings. The highest BCUT2D eigenvalue weighted by molar-refractivity contribution is 7.89. The molecule has 186 valence electrons. The second-order valence-electron chi connectivity index (χ2n) is 10.2. The number of fused-ring (bicyclic) bond motifs is 1. The van der Waals surface area contributed by atoms with E-state index in [1.165, 1.54) is 12.1 Å². The Morgan fingerprint density at radius 2 is 1.83 bits per heavy atom. The lowest BCUT2D eigenvalue weighted by Gasteiger charge is -2.48. The number of piperidine rings is 1. The van der Waals surface area contributed by atoms with Crippen molar-refractivity contribution in [3.63, 3.8) is 0 Å². The number of nitrogens with zero attached hydrogens (tertiary/aromatic N) is 2. The van der Waals surface area contributed by atoms with Crippen LogP contribution in [0.1, 0.15) is 55.9 Å². The summed E-state index contributed by atoms with van der Waals surface area (Å²) in [6, 6.07) is 8.32. The molecule has 2 aromatic rings. The molecule has 0 spiro atoms. The molecule has 7 nitrogen and oxygen atoms in total. The number of Topliss-reactive ketones (excluding diaryl/α,β-unsaturated/α-hetero) is 1. The number of ketones is 1. The van der Waals surface area contributed by atoms with E-state index < -0.39 is 10.0 Å². The Morgan fingerprint density at radius 1 is 1.17 bits per heavy atom. The molecule has 2 heterocycles. The van der Waals surface area contributed by atoms with E-state index in [0.717, 1.165) is 22.6 Å². The van der Waals surface area contributed by atoms with Gasteiger partial charge in [-0.3, -0.25) is 9.59 Å². The third-order valence-corrected chi connectivity index (χ3v) is 8.24. The number of allylic oxidation sites excluding steroid dienone is 3. The maximum Gasteiger partial charge on any atom is 0.238 e. The van der Waals surface area contributed by atoms with Gasteiger partial charge in [-0.2, -0.15) is 0 Å². The molecular formula is C27H33N3O4S. The van der Waals surface area contributed by atoms with Gasteiger partial charge in [0.25, 0.3) is 0 Å². The van der Waals surface area contributed by atoms with E-state index in [-0.39, 0.29) is 33.8 Å². The number of hydrogen-bond donors (Lipinski definition) is 1. The fraction of sp³-hybridized carbons (Fsp3) is 0.407. The third kappa shape index (κ3) is 4.65. The maximum absolute atomic E-state index is 12.7. The number of amides is 1. The topological polar surface area (TPSA) is 102 Å². The van der Waals surface area contributed by atoms with Gasteiger partial charge in [-0.05, 0) is 54.2 Å². The van der Waals surface area contributed by atoms with Crippen LogP contribution < -0.4 is 5.14 Å². The van der Waals surface area contributed by atoms with E-state index in [9.17, 15) is 18.0 Å². The molecule has 0 saturated carbocycles. The first-order chi connectivity index (χ1) is 16.3. The van der Waals surface area contributed by atoms with Crippen LogP contribution in [0.25, 0.3) is 11.3 Å². The summed E-state index contributed by atoms with van der Waals surface area (Å²) in [5.41, 5.74) is 3.97. The van der Waals surface area contributed by atoms with Gasteiger partial charge in [-0.25, -0.2) is 13.6 Å². The molecule has 1 aliphatic heterocycles. The Bertz CT molecular complexity index is 1350. The minimum absolute atomic E-state index is 0.0380. The molecule has 2 atom stereocenters. The Balaban J connectivity index is 1.83. The van der Waals surface area contributed by atoms with E-state index >= 15 is 0 Å². The fourth-order valence-electron chi connectivity index (χ4n) is 5.44. The Labute approximate surface area is 207 Å². The Hall–Kier alpha value is -2.97. The van der Waals surface area contributed by atoms with Crippen LogP contribution in [0.3, 0.4) is 0 Å². The normalized spacial score (nSPS) is 21.4. The zero-order valence-corrected chi connectivity index (χ0v) is 21.7. The average Bonchev–Trinajstić information content (AvgIpc) is 3.14. The first-order valence-corrected chi connectivity index (χ1v) is 13.4. The molecular weight excluding hydrogens is 462 g/mol. The van der Waals surface area contributed by atoms with Crippen LogP contribution in [-0.2, 0) is 14.8 Å². The lowest BCUT2D eigenvalue weighted by Crippen LogP contribution is -2.51. The minimum Gasteiger partial charge on any atom is -0.342 e. The van der Waals surface area contributed by atoms with Gasteiger partial charge >= 0.3 is 0 Å². The summed E-state index contributed by atoms with van der Waals surface area (Å²) in [6.45, 7) is 11.1. The number of aromatic nitrogens is 1. The lowest BCUT2D eigenvalue weighted by molar-refractivity contribution is -0.134.